The second kappa shape index (κ2) is 5.42. The molecule has 2 heteroatoms. The fourth-order valence-corrected chi connectivity index (χ4v) is 5.05. The molecule has 0 amide bonds. The van der Waals surface area contributed by atoms with Gasteiger partial charge in [0.05, 0.1) is 18.6 Å². The quantitative estimate of drug-likeness (QED) is 0.774. The van der Waals surface area contributed by atoms with Gasteiger partial charge in [0.2, 0.25) is 0 Å². The van der Waals surface area contributed by atoms with E-state index in [9.17, 15) is 5.11 Å². The van der Waals surface area contributed by atoms with Crippen LogP contribution in [0.1, 0.15) is 52.0 Å². The topological polar surface area (TPSA) is 33.4 Å². The maximum atomic E-state index is 10.5. The van der Waals surface area contributed by atoms with Crippen LogP contribution < -0.4 is 0 Å². The van der Waals surface area contributed by atoms with E-state index in [0.29, 0.717) is 5.92 Å². The van der Waals surface area contributed by atoms with Crippen LogP contribution in [0.3, 0.4) is 0 Å². The average molecular weight is 300 g/mol. The molecule has 3 rings (SSSR count). The third-order valence-corrected chi connectivity index (χ3v) is 6.30. The summed E-state index contributed by atoms with van der Waals surface area (Å²) in [6.07, 6.45) is 12.0. The molecular weight excluding hydrogens is 272 g/mol. The van der Waals surface area contributed by atoms with Gasteiger partial charge in [-0.15, -0.1) is 0 Å². The maximum Gasteiger partial charge on any atom is 0.0974 e. The summed E-state index contributed by atoms with van der Waals surface area (Å²) in [6, 6.07) is 1.96. The van der Waals surface area contributed by atoms with Gasteiger partial charge in [-0.25, -0.2) is 0 Å². The molecule has 2 nitrogen and oxygen atoms in total. The van der Waals surface area contributed by atoms with E-state index in [1.165, 1.54) is 19.3 Å². The molecular formula is C20H28O2. The smallest absolute Gasteiger partial charge is 0.0974 e. The summed E-state index contributed by atoms with van der Waals surface area (Å²) in [5.41, 5.74) is 2.54. The van der Waals surface area contributed by atoms with E-state index in [4.69, 9.17) is 4.42 Å². The second-order valence-corrected chi connectivity index (χ2v) is 8.12. The van der Waals surface area contributed by atoms with E-state index in [-0.39, 0.29) is 22.9 Å². The van der Waals surface area contributed by atoms with Gasteiger partial charge in [0.15, 0.2) is 0 Å². The normalized spacial score (nSPS) is 38.2. The molecule has 0 aliphatic heterocycles. The lowest BCUT2D eigenvalue weighted by molar-refractivity contribution is -0.0697. The molecule has 1 heterocycles. The Morgan fingerprint density at radius 2 is 2.09 bits per heavy atom. The Morgan fingerprint density at radius 3 is 2.77 bits per heavy atom. The van der Waals surface area contributed by atoms with Gasteiger partial charge in [-0.3, -0.25) is 0 Å². The van der Waals surface area contributed by atoms with Gasteiger partial charge in [0.1, 0.15) is 0 Å². The van der Waals surface area contributed by atoms with Crippen molar-refractivity contribution < 1.29 is 9.52 Å². The van der Waals surface area contributed by atoms with Crippen LogP contribution in [0, 0.1) is 22.7 Å². The molecule has 0 aromatic carbocycles. The highest BCUT2D eigenvalue weighted by atomic mass is 16.3. The number of hydrogen-bond acceptors (Lipinski definition) is 2. The summed E-state index contributed by atoms with van der Waals surface area (Å²) < 4.78 is 5.14. The standard InChI is InChI=1S/C20H28O2/c1-14-16(7-6-15-8-11-22-13-15)20(4)10-5-9-19(2,3)18(20)12-17(14)21/h6-8,11,13,16-18,21H,1,5,9-10,12H2,2-4H3/b7-6+/t16?,17-,18?,20?/m0/s1. The molecule has 1 aromatic heterocycles. The molecule has 2 saturated carbocycles. The van der Waals surface area contributed by atoms with E-state index >= 15 is 0 Å². The predicted molar refractivity (Wildman–Crippen MR) is 90.2 cm³/mol. The lowest BCUT2D eigenvalue weighted by Gasteiger charge is -2.58. The number of rotatable bonds is 2. The molecule has 1 aromatic rings. The number of hydrogen-bond donors (Lipinski definition) is 1. The maximum absolute atomic E-state index is 10.5. The van der Waals surface area contributed by atoms with Crippen molar-refractivity contribution in [3.8, 4) is 0 Å². The van der Waals surface area contributed by atoms with Crippen molar-refractivity contribution >= 4 is 6.08 Å². The van der Waals surface area contributed by atoms with Gasteiger partial charge >= 0.3 is 0 Å². The number of furan rings is 1. The van der Waals surface area contributed by atoms with Gasteiger partial charge in [-0.1, -0.05) is 45.9 Å². The Hall–Kier alpha value is -1.28. The lowest BCUT2D eigenvalue weighted by atomic mass is 9.47. The molecule has 0 saturated heterocycles. The summed E-state index contributed by atoms with van der Waals surface area (Å²) in [6.45, 7) is 11.4. The monoisotopic (exact) mass is 300 g/mol. The van der Waals surface area contributed by atoms with E-state index in [2.05, 4.69) is 39.5 Å². The van der Waals surface area contributed by atoms with Gasteiger partial charge in [-0.2, -0.15) is 0 Å². The molecule has 0 bridgehead atoms. The Balaban J connectivity index is 1.96. The SMILES string of the molecule is C=C1C(/C=C/c2ccoc2)C2(C)CCCC(C)(C)C2C[C@@H]1O. The highest BCUT2D eigenvalue weighted by molar-refractivity contribution is 5.49. The average Bonchev–Trinajstić information content (AvgIpc) is 2.94. The number of fused-ring (bicyclic) bond motifs is 1. The van der Waals surface area contributed by atoms with Gasteiger partial charge < -0.3 is 9.52 Å². The van der Waals surface area contributed by atoms with Crippen LogP contribution >= 0.6 is 0 Å². The van der Waals surface area contributed by atoms with Crippen LogP contribution in [-0.2, 0) is 0 Å². The lowest BCUT2D eigenvalue weighted by Crippen LogP contribution is -2.52. The third kappa shape index (κ3) is 2.48. The highest BCUT2D eigenvalue weighted by Gasteiger charge is 2.54. The molecule has 4 atom stereocenters. The predicted octanol–water partition coefficient (Wildman–Crippen LogP) is 5.06. The minimum absolute atomic E-state index is 0.193. The van der Waals surface area contributed by atoms with Crippen LogP contribution in [-0.4, -0.2) is 11.2 Å². The fourth-order valence-electron chi connectivity index (χ4n) is 5.05. The van der Waals surface area contributed by atoms with E-state index in [0.717, 1.165) is 17.6 Å². The molecule has 0 radical (unpaired) electrons. The largest absolute Gasteiger partial charge is 0.472 e. The van der Waals surface area contributed by atoms with Gasteiger partial charge in [0.25, 0.3) is 0 Å². The zero-order valence-electron chi connectivity index (χ0n) is 14.0. The van der Waals surface area contributed by atoms with Crippen molar-refractivity contribution in [3.05, 3.63) is 42.4 Å². The summed E-state index contributed by atoms with van der Waals surface area (Å²) >= 11 is 0. The van der Waals surface area contributed by atoms with Crippen molar-refractivity contribution in [1.82, 2.24) is 0 Å². The van der Waals surface area contributed by atoms with Crippen molar-refractivity contribution in [1.29, 1.82) is 0 Å². The zero-order valence-corrected chi connectivity index (χ0v) is 14.0. The molecule has 1 N–H and O–H groups in total. The summed E-state index contributed by atoms with van der Waals surface area (Å²) in [5.74, 6) is 0.768. The first-order valence-corrected chi connectivity index (χ1v) is 8.42. The first-order chi connectivity index (χ1) is 10.3. The van der Waals surface area contributed by atoms with Crippen LogP contribution in [0.4, 0.5) is 0 Å². The Kier molecular flexibility index (Phi) is 3.84. The molecule has 22 heavy (non-hydrogen) atoms. The number of aliphatic hydroxyl groups excluding tert-OH is 1. The van der Waals surface area contributed by atoms with Crippen LogP contribution in [0.25, 0.3) is 6.08 Å². The minimum Gasteiger partial charge on any atom is -0.472 e. The first kappa shape index (κ1) is 15.6. The minimum atomic E-state index is -0.380. The van der Waals surface area contributed by atoms with Crippen LogP contribution in [0.5, 0.6) is 0 Å². The number of aliphatic hydroxyl groups is 1. The van der Waals surface area contributed by atoms with Crippen LogP contribution in [0.15, 0.2) is 41.2 Å². The summed E-state index contributed by atoms with van der Waals surface area (Å²) in [7, 11) is 0. The van der Waals surface area contributed by atoms with E-state index in [1.807, 2.05) is 6.07 Å². The van der Waals surface area contributed by atoms with Gasteiger partial charge in [0, 0.05) is 11.5 Å². The summed E-state index contributed by atoms with van der Waals surface area (Å²) in [4.78, 5) is 0. The Labute approximate surface area is 133 Å². The molecule has 2 aliphatic rings. The Bertz CT molecular complexity index is 567. The molecule has 120 valence electrons. The van der Waals surface area contributed by atoms with E-state index < -0.39 is 0 Å². The molecule has 3 unspecified atom stereocenters. The molecule has 2 fully saturated rings. The van der Waals surface area contributed by atoms with E-state index in [1.54, 1.807) is 12.5 Å². The third-order valence-electron chi connectivity index (χ3n) is 6.30. The zero-order chi connectivity index (χ0) is 16.0. The van der Waals surface area contributed by atoms with Crippen molar-refractivity contribution in [2.24, 2.45) is 22.7 Å². The molecule has 0 spiro atoms. The van der Waals surface area contributed by atoms with Crippen molar-refractivity contribution in [3.63, 3.8) is 0 Å². The fraction of sp³-hybridized carbons (Fsp3) is 0.600. The van der Waals surface area contributed by atoms with Crippen LogP contribution in [0.2, 0.25) is 0 Å². The first-order valence-electron chi connectivity index (χ1n) is 8.42. The van der Waals surface area contributed by atoms with Crippen molar-refractivity contribution in [2.75, 3.05) is 0 Å². The van der Waals surface area contributed by atoms with Gasteiger partial charge in [-0.05, 0) is 47.6 Å². The summed E-state index contributed by atoms with van der Waals surface area (Å²) in [5, 5.41) is 10.5. The highest BCUT2D eigenvalue weighted by Crippen LogP contribution is 2.61. The van der Waals surface area contributed by atoms with Crippen molar-refractivity contribution in [2.45, 2.75) is 52.6 Å². The Morgan fingerprint density at radius 1 is 1.32 bits per heavy atom. The molecule has 2 aliphatic carbocycles. The second-order valence-electron chi connectivity index (χ2n) is 8.12. The number of allylic oxidation sites excluding steroid dienone is 1.